The molecule has 6 aromatic carbocycles. The van der Waals surface area contributed by atoms with Crippen molar-refractivity contribution in [3.63, 3.8) is 0 Å². The summed E-state index contributed by atoms with van der Waals surface area (Å²) in [4.78, 5) is 0. The molecule has 0 atom stereocenters. The average Bonchev–Trinajstić information content (AvgIpc) is 2.91. The van der Waals surface area contributed by atoms with E-state index < -0.39 is 6.15 Å². The summed E-state index contributed by atoms with van der Waals surface area (Å²) >= 11 is 0. The number of hydrogen-bond acceptors (Lipinski definition) is 0. The Morgan fingerprint density at radius 1 is 0.429 bits per heavy atom. The van der Waals surface area contributed by atoms with E-state index in [1.54, 1.807) is 0 Å². The van der Waals surface area contributed by atoms with Gasteiger partial charge in [-0.2, -0.15) is 22.7 Å². The average molecular weight is 449 g/mol. The second-order valence-corrected chi connectivity index (χ2v) is 10.4. The van der Waals surface area contributed by atoms with Gasteiger partial charge in [0.25, 0.3) is 0 Å². The van der Waals surface area contributed by atoms with Crippen LogP contribution in [-0.2, 0) is 0 Å². The normalized spacial score (nSPS) is 12.1. The highest BCUT2D eigenvalue weighted by Crippen LogP contribution is 2.28. The molecule has 0 aliphatic heterocycles. The van der Waals surface area contributed by atoms with Crippen molar-refractivity contribution in [2.75, 3.05) is 0 Å². The molecule has 0 aromatic heterocycles. The lowest BCUT2D eigenvalue weighted by Gasteiger charge is -2.46. The van der Waals surface area contributed by atoms with Gasteiger partial charge >= 0.3 is 0 Å². The molecule has 0 nitrogen and oxygen atoms in total. The van der Waals surface area contributed by atoms with E-state index >= 15 is 0 Å². The minimum Gasteiger partial charge on any atom is -0.192 e. The van der Waals surface area contributed by atoms with E-state index in [9.17, 15) is 0 Å². The van der Waals surface area contributed by atoms with Gasteiger partial charge in [0.15, 0.2) is 0 Å². The molecular weight excluding hydrogens is 419 g/mol. The molecule has 0 radical (unpaired) electrons. The fourth-order valence-electron chi connectivity index (χ4n) is 6.63. The summed E-state index contributed by atoms with van der Waals surface area (Å²) in [6.07, 6.45) is -0.207. The van der Waals surface area contributed by atoms with Crippen molar-refractivity contribution in [2.45, 2.75) is 20.2 Å². The van der Waals surface area contributed by atoms with Gasteiger partial charge in [0.05, 0.1) is 6.15 Å². The van der Waals surface area contributed by atoms with Gasteiger partial charge in [-0.1, -0.05) is 163 Å². The minimum absolute atomic E-state index is 0.520. The van der Waals surface area contributed by atoms with E-state index in [1.807, 2.05) is 0 Å². The molecule has 0 N–H and O–H groups in total. The maximum atomic E-state index is 2.40. The van der Waals surface area contributed by atoms with Gasteiger partial charge in [0.1, 0.15) is 0 Å². The van der Waals surface area contributed by atoms with Gasteiger partial charge < -0.3 is 0 Å². The van der Waals surface area contributed by atoms with Gasteiger partial charge in [-0.25, -0.2) is 0 Å². The molecule has 0 amide bonds. The molecular formula is C34H30B-. The van der Waals surface area contributed by atoms with Crippen molar-refractivity contribution in [3.05, 3.63) is 127 Å². The lowest BCUT2D eigenvalue weighted by molar-refractivity contribution is 0.726. The fourth-order valence-corrected chi connectivity index (χ4v) is 6.63. The zero-order valence-electron chi connectivity index (χ0n) is 20.5. The van der Waals surface area contributed by atoms with Gasteiger partial charge in [0, 0.05) is 0 Å². The molecule has 0 unspecified atom stereocenters. The quantitative estimate of drug-likeness (QED) is 0.243. The molecule has 0 bridgehead atoms. The molecule has 0 saturated heterocycles. The summed E-state index contributed by atoms with van der Waals surface area (Å²) in [6.45, 7) is 4.75. The Balaban J connectivity index is 1.85. The number of rotatable bonds is 5. The van der Waals surface area contributed by atoms with Crippen molar-refractivity contribution in [2.24, 2.45) is 5.92 Å². The molecule has 0 saturated carbocycles. The summed E-state index contributed by atoms with van der Waals surface area (Å²) in [5.74, 6) is 0.520. The molecule has 1 heteroatoms. The largest absolute Gasteiger partial charge is 0.192 e. The second kappa shape index (κ2) is 8.75. The first-order valence-electron chi connectivity index (χ1n) is 12.8. The number of fused-ring (bicyclic) bond motifs is 3. The first-order valence-corrected chi connectivity index (χ1v) is 12.8. The standard InChI is InChI=1S/C34H30B/c1-25(2)24-35(32-21-9-15-26-12-3-6-18-29(26)32,33-22-10-16-27-13-4-7-19-30(27)33)34-23-11-17-28-14-5-8-20-31(28)34/h3-23,25H,24H2,1-2H3/q-1. The Morgan fingerprint density at radius 3 is 1.09 bits per heavy atom. The van der Waals surface area contributed by atoms with Crippen LogP contribution in [0, 0.1) is 5.92 Å². The van der Waals surface area contributed by atoms with Crippen LogP contribution in [0.5, 0.6) is 0 Å². The Morgan fingerprint density at radius 2 is 0.743 bits per heavy atom. The third-order valence-corrected chi connectivity index (χ3v) is 7.89. The van der Waals surface area contributed by atoms with Gasteiger partial charge in [-0.05, 0) is 16.2 Å². The van der Waals surface area contributed by atoms with Gasteiger partial charge in [0.2, 0.25) is 0 Å². The van der Waals surface area contributed by atoms with Crippen molar-refractivity contribution < 1.29 is 0 Å². The van der Waals surface area contributed by atoms with E-state index in [4.69, 9.17) is 0 Å². The summed E-state index contributed by atoms with van der Waals surface area (Å²) in [6, 6.07) is 47.4. The Kier molecular flexibility index (Phi) is 5.42. The van der Waals surface area contributed by atoms with E-state index in [1.165, 1.54) is 48.7 Å². The predicted octanol–water partition coefficient (Wildman–Crippen LogP) is 7.27. The smallest absolute Gasteiger partial charge is 0.0840 e. The van der Waals surface area contributed by atoms with Crippen LogP contribution >= 0.6 is 0 Å². The summed E-state index contributed by atoms with van der Waals surface area (Å²) in [5, 5.41) is 7.99. The van der Waals surface area contributed by atoms with Crippen LogP contribution in [0.25, 0.3) is 32.3 Å². The molecule has 0 aliphatic rings. The Labute approximate surface area is 208 Å². The maximum Gasteiger partial charge on any atom is 0.0840 e. The highest BCUT2D eigenvalue weighted by Gasteiger charge is 2.34. The van der Waals surface area contributed by atoms with E-state index in [2.05, 4.69) is 141 Å². The van der Waals surface area contributed by atoms with Crippen LogP contribution in [0.4, 0.5) is 0 Å². The highest BCUT2D eigenvalue weighted by atomic mass is 14.2. The van der Waals surface area contributed by atoms with Crippen molar-refractivity contribution >= 4 is 54.9 Å². The molecule has 170 valence electrons. The van der Waals surface area contributed by atoms with Crippen LogP contribution in [0.1, 0.15) is 13.8 Å². The van der Waals surface area contributed by atoms with E-state index in [0.29, 0.717) is 5.92 Å². The zero-order chi connectivity index (χ0) is 23.8. The number of benzene rings is 6. The van der Waals surface area contributed by atoms with Gasteiger partial charge in [-0.15, -0.1) is 0 Å². The predicted molar refractivity (Wildman–Crippen MR) is 156 cm³/mol. The van der Waals surface area contributed by atoms with Crippen molar-refractivity contribution in [1.29, 1.82) is 0 Å². The van der Waals surface area contributed by atoms with Crippen LogP contribution in [0.2, 0.25) is 6.32 Å². The van der Waals surface area contributed by atoms with E-state index in [0.717, 1.165) is 6.32 Å². The third-order valence-electron chi connectivity index (χ3n) is 7.89. The third kappa shape index (κ3) is 3.54. The Hall–Kier alpha value is -3.84. The molecule has 0 aliphatic carbocycles. The fraction of sp³-hybridized carbons (Fsp3) is 0.118. The van der Waals surface area contributed by atoms with Crippen molar-refractivity contribution in [3.8, 4) is 0 Å². The molecule has 0 spiro atoms. The molecule has 0 fully saturated rings. The SMILES string of the molecule is CC(C)C[B-](c1cccc2ccccc12)(c1cccc2ccccc12)c1cccc2ccccc12. The van der Waals surface area contributed by atoms with Gasteiger partial charge in [-0.3, -0.25) is 0 Å². The second-order valence-electron chi connectivity index (χ2n) is 10.4. The van der Waals surface area contributed by atoms with Crippen LogP contribution in [0.3, 0.4) is 0 Å². The summed E-state index contributed by atoms with van der Waals surface area (Å²) in [7, 11) is 0. The summed E-state index contributed by atoms with van der Waals surface area (Å²) in [5.41, 5.74) is 4.35. The zero-order valence-corrected chi connectivity index (χ0v) is 20.5. The first kappa shape index (κ1) is 21.7. The highest BCUT2D eigenvalue weighted by molar-refractivity contribution is 7.14. The van der Waals surface area contributed by atoms with Crippen LogP contribution < -0.4 is 16.4 Å². The molecule has 0 heterocycles. The molecule has 6 rings (SSSR count). The van der Waals surface area contributed by atoms with E-state index in [-0.39, 0.29) is 0 Å². The molecule has 35 heavy (non-hydrogen) atoms. The number of hydrogen-bond donors (Lipinski definition) is 0. The first-order chi connectivity index (χ1) is 17.2. The van der Waals surface area contributed by atoms with Crippen LogP contribution in [-0.4, -0.2) is 6.15 Å². The summed E-state index contributed by atoms with van der Waals surface area (Å²) < 4.78 is 0. The monoisotopic (exact) mass is 449 g/mol. The topological polar surface area (TPSA) is 0 Å². The van der Waals surface area contributed by atoms with Crippen LogP contribution in [0.15, 0.2) is 127 Å². The lowest BCUT2D eigenvalue weighted by Crippen LogP contribution is -2.68. The lowest BCUT2D eigenvalue weighted by atomic mass is 9.12. The Bertz CT molecular complexity index is 1450. The molecule has 6 aromatic rings. The van der Waals surface area contributed by atoms with Crippen molar-refractivity contribution in [1.82, 2.24) is 0 Å². The maximum absolute atomic E-state index is 2.40. The minimum atomic E-state index is -1.29.